The molecule has 31 heavy (non-hydrogen) atoms. The van der Waals surface area contributed by atoms with Crippen LogP contribution in [0.25, 0.3) is 0 Å². The number of halogens is 1. The zero-order valence-electron chi connectivity index (χ0n) is 17.3. The van der Waals surface area contributed by atoms with Gasteiger partial charge in [-0.15, -0.1) is 0 Å². The Kier molecular flexibility index (Phi) is 5.20. The first-order valence-corrected chi connectivity index (χ1v) is 10.7. The van der Waals surface area contributed by atoms with E-state index in [-0.39, 0.29) is 11.7 Å². The van der Waals surface area contributed by atoms with Crippen LogP contribution in [0.15, 0.2) is 78.9 Å². The van der Waals surface area contributed by atoms with Crippen molar-refractivity contribution in [1.29, 1.82) is 0 Å². The van der Waals surface area contributed by atoms with Crippen LogP contribution in [-0.4, -0.2) is 29.5 Å². The fourth-order valence-electron chi connectivity index (χ4n) is 4.59. The highest BCUT2D eigenvalue weighted by Gasteiger charge is 2.43. The second-order valence-corrected chi connectivity index (χ2v) is 8.40. The lowest BCUT2D eigenvalue weighted by Crippen LogP contribution is -2.49. The smallest absolute Gasteiger partial charge is 0.235 e. The summed E-state index contributed by atoms with van der Waals surface area (Å²) in [6, 6.07) is 24.2. The molecule has 0 aromatic heterocycles. The van der Waals surface area contributed by atoms with Gasteiger partial charge in [-0.05, 0) is 42.0 Å². The van der Waals surface area contributed by atoms with Gasteiger partial charge in [0.25, 0.3) is 0 Å². The minimum atomic E-state index is -0.504. The van der Waals surface area contributed by atoms with Gasteiger partial charge in [-0.1, -0.05) is 42.5 Å². The fraction of sp³-hybridized carbons (Fsp3) is 0.269. The monoisotopic (exact) mass is 416 g/mol. The first kappa shape index (κ1) is 19.8. The van der Waals surface area contributed by atoms with E-state index in [4.69, 9.17) is 4.74 Å². The summed E-state index contributed by atoms with van der Waals surface area (Å²) >= 11 is 0. The number of hydrogen-bond acceptors (Lipinski definition) is 3. The van der Waals surface area contributed by atoms with E-state index in [2.05, 4.69) is 4.90 Å². The fourth-order valence-corrected chi connectivity index (χ4v) is 4.59. The van der Waals surface area contributed by atoms with Gasteiger partial charge in [-0.3, -0.25) is 14.6 Å². The quantitative estimate of drug-likeness (QED) is 0.580. The van der Waals surface area contributed by atoms with Crippen LogP contribution in [0.3, 0.4) is 0 Å². The van der Waals surface area contributed by atoms with Crippen LogP contribution in [0.5, 0.6) is 5.75 Å². The van der Waals surface area contributed by atoms with Gasteiger partial charge in [0.15, 0.2) is 0 Å². The third-order valence-electron chi connectivity index (χ3n) is 6.26. The Morgan fingerprint density at radius 2 is 1.55 bits per heavy atom. The Bertz CT molecular complexity index is 1060. The molecule has 3 aromatic rings. The number of benzene rings is 3. The maximum atomic E-state index is 13.5. The normalized spacial score (nSPS) is 18.4. The van der Waals surface area contributed by atoms with Crippen molar-refractivity contribution < 1.29 is 13.9 Å². The molecular formula is C26H25FN2O2. The summed E-state index contributed by atoms with van der Waals surface area (Å²) < 4.78 is 19.8. The van der Waals surface area contributed by atoms with Crippen LogP contribution >= 0.6 is 0 Å². The van der Waals surface area contributed by atoms with Crippen molar-refractivity contribution in [1.82, 2.24) is 4.90 Å². The molecule has 2 aliphatic rings. The zero-order valence-corrected chi connectivity index (χ0v) is 17.3. The number of hydrogen-bond donors (Lipinski definition) is 0. The molecule has 0 radical (unpaired) electrons. The number of amides is 1. The number of piperidine rings is 1. The van der Waals surface area contributed by atoms with Crippen molar-refractivity contribution in [3.63, 3.8) is 0 Å². The molecule has 0 atom stereocenters. The average molecular weight is 416 g/mol. The van der Waals surface area contributed by atoms with Crippen molar-refractivity contribution in [3.8, 4) is 5.75 Å². The molecule has 5 rings (SSSR count). The Balaban J connectivity index is 1.37. The molecule has 158 valence electrons. The number of carbonyl (C=O) groups excluding carboxylic acids is 1. The Labute approximate surface area is 181 Å². The summed E-state index contributed by atoms with van der Waals surface area (Å²) in [6.45, 7) is 2.44. The van der Waals surface area contributed by atoms with Crippen molar-refractivity contribution >= 4 is 17.3 Å². The van der Waals surface area contributed by atoms with Crippen molar-refractivity contribution in [2.24, 2.45) is 0 Å². The van der Waals surface area contributed by atoms with E-state index in [0.717, 1.165) is 55.2 Å². The molecule has 4 nitrogen and oxygen atoms in total. The van der Waals surface area contributed by atoms with Gasteiger partial charge in [-0.25, -0.2) is 4.39 Å². The van der Waals surface area contributed by atoms with E-state index in [1.165, 1.54) is 12.1 Å². The first-order chi connectivity index (χ1) is 15.1. The third-order valence-corrected chi connectivity index (χ3v) is 6.26. The number of ether oxygens (including phenoxy) is 1. The lowest BCUT2D eigenvalue weighted by molar-refractivity contribution is -0.122. The molecule has 0 aliphatic carbocycles. The standard InChI is InChI=1S/C26H25FN2O2/c27-21-12-10-20(11-13-21)19-28-16-14-26(15-17-28)18-25(30)29(22-6-2-1-3-7-22)23-8-4-5-9-24(23)31-26/h1-13H,14-19H2. The average Bonchev–Trinajstić information content (AvgIpc) is 2.91. The number of carbonyl (C=O) groups is 1. The van der Waals surface area contributed by atoms with Gasteiger partial charge in [-0.2, -0.15) is 0 Å². The number of rotatable bonds is 3. The second-order valence-electron chi connectivity index (χ2n) is 8.40. The van der Waals surface area contributed by atoms with E-state index >= 15 is 0 Å². The van der Waals surface area contributed by atoms with Gasteiger partial charge >= 0.3 is 0 Å². The predicted octanol–water partition coefficient (Wildman–Crippen LogP) is 5.31. The summed E-state index contributed by atoms with van der Waals surface area (Å²) in [5, 5.41) is 0. The van der Waals surface area contributed by atoms with E-state index in [9.17, 15) is 9.18 Å². The van der Waals surface area contributed by atoms with Crippen LogP contribution in [0.4, 0.5) is 15.8 Å². The maximum Gasteiger partial charge on any atom is 0.235 e. The lowest BCUT2D eigenvalue weighted by Gasteiger charge is -2.40. The number of anilines is 2. The topological polar surface area (TPSA) is 32.8 Å². The minimum absolute atomic E-state index is 0.0585. The van der Waals surface area contributed by atoms with E-state index in [0.29, 0.717) is 6.42 Å². The molecule has 1 spiro atoms. The summed E-state index contributed by atoms with van der Waals surface area (Å²) in [6.07, 6.45) is 1.90. The molecule has 1 amide bonds. The molecule has 1 fully saturated rings. The van der Waals surface area contributed by atoms with Crippen molar-refractivity contribution in [2.45, 2.75) is 31.4 Å². The van der Waals surface area contributed by atoms with Crippen molar-refractivity contribution in [2.75, 3.05) is 18.0 Å². The van der Waals surface area contributed by atoms with Crippen LogP contribution in [0, 0.1) is 5.82 Å². The van der Waals surface area contributed by atoms with Crippen LogP contribution in [0.2, 0.25) is 0 Å². The van der Waals surface area contributed by atoms with Crippen LogP contribution in [0.1, 0.15) is 24.8 Å². The molecule has 2 heterocycles. The van der Waals surface area contributed by atoms with Gasteiger partial charge in [0.1, 0.15) is 17.2 Å². The second kappa shape index (κ2) is 8.16. The first-order valence-electron chi connectivity index (χ1n) is 10.7. The highest BCUT2D eigenvalue weighted by molar-refractivity contribution is 6.03. The van der Waals surface area contributed by atoms with E-state index in [1.807, 2.05) is 66.7 Å². The number of nitrogens with zero attached hydrogens (tertiary/aromatic N) is 2. The Morgan fingerprint density at radius 1 is 0.871 bits per heavy atom. The van der Waals surface area contributed by atoms with E-state index < -0.39 is 5.60 Å². The molecular weight excluding hydrogens is 391 g/mol. The molecule has 2 aliphatic heterocycles. The largest absolute Gasteiger partial charge is 0.484 e. The molecule has 0 saturated carbocycles. The SMILES string of the molecule is O=C1CC2(CCN(Cc3ccc(F)cc3)CC2)Oc2ccccc2N1c1ccccc1. The van der Waals surface area contributed by atoms with E-state index in [1.54, 1.807) is 4.90 Å². The van der Waals surface area contributed by atoms with Gasteiger partial charge in [0.2, 0.25) is 5.91 Å². The van der Waals surface area contributed by atoms with Gasteiger partial charge in [0.05, 0.1) is 12.1 Å². The highest BCUT2D eigenvalue weighted by atomic mass is 19.1. The third kappa shape index (κ3) is 4.06. The summed E-state index contributed by atoms with van der Waals surface area (Å²) in [5.74, 6) is 0.598. The minimum Gasteiger partial charge on any atom is -0.484 e. The maximum absolute atomic E-state index is 13.5. The van der Waals surface area contributed by atoms with Crippen LogP contribution in [-0.2, 0) is 11.3 Å². The number of likely N-dealkylation sites (tertiary alicyclic amines) is 1. The molecule has 0 unspecified atom stereocenters. The molecule has 5 heteroatoms. The van der Waals surface area contributed by atoms with Gasteiger partial charge in [0, 0.05) is 38.2 Å². The molecule has 3 aromatic carbocycles. The molecule has 0 bridgehead atoms. The number of para-hydroxylation sites is 3. The summed E-state index contributed by atoms with van der Waals surface area (Å²) in [5.41, 5.74) is 2.24. The Hall–Kier alpha value is -3.18. The zero-order chi connectivity index (χ0) is 21.3. The van der Waals surface area contributed by atoms with Gasteiger partial charge < -0.3 is 4.74 Å². The molecule has 0 N–H and O–H groups in total. The molecule has 1 saturated heterocycles. The summed E-state index contributed by atoms with van der Waals surface area (Å²) in [7, 11) is 0. The van der Waals surface area contributed by atoms with Crippen LogP contribution < -0.4 is 9.64 Å². The lowest BCUT2D eigenvalue weighted by atomic mass is 9.87. The predicted molar refractivity (Wildman–Crippen MR) is 119 cm³/mol. The Morgan fingerprint density at radius 3 is 2.29 bits per heavy atom. The number of fused-ring (bicyclic) bond motifs is 1. The summed E-state index contributed by atoms with van der Waals surface area (Å²) in [4.78, 5) is 17.6. The van der Waals surface area contributed by atoms with Crippen molar-refractivity contribution in [3.05, 3.63) is 90.2 Å². The highest BCUT2D eigenvalue weighted by Crippen LogP contribution is 2.43.